The van der Waals surface area contributed by atoms with Gasteiger partial charge in [-0.25, -0.2) is 0 Å². The molecule has 1 aromatic rings. The normalized spacial score (nSPS) is 14.5. The first-order valence-electron chi connectivity index (χ1n) is 9.21. The van der Waals surface area contributed by atoms with Crippen molar-refractivity contribution in [2.75, 3.05) is 31.1 Å². The van der Waals surface area contributed by atoms with Crippen LogP contribution in [0.5, 0.6) is 0 Å². The highest BCUT2D eigenvalue weighted by atomic mass is 16.2. The molecule has 1 heterocycles. The van der Waals surface area contributed by atoms with Crippen LogP contribution in [-0.2, 0) is 16.0 Å². The number of rotatable bonds is 7. The topological polar surface area (TPSA) is 61.4 Å². The fourth-order valence-corrected chi connectivity index (χ4v) is 3.02. The maximum Gasteiger partial charge on any atom is 0.309 e. The molecule has 2 amide bonds. The van der Waals surface area contributed by atoms with Gasteiger partial charge in [-0.3, -0.25) is 9.59 Å². The lowest BCUT2D eigenvalue weighted by Crippen LogP contribution is -2.40. The minimum absolute atomic E-state index is 0.301. The quantitative estimate of drug-likeness (QED) is 0.454. The fraction of sp³-hybridized carbons (Fsp3) is 0.500. The third kappa shape index (κ3) is 6.61. The number of nitrogens with one attached hydrogen (secondary N) is 2. The third-order valence-electron chi connectivity index (χ3n) is 4.45. The number of carbonyl (C=O) groups is 2. The maximum absolute atomic E-state index is 11.5. The molecular weight excluding hydrogens is 314 g/mol. The molecule has 0 saturated carbocycles. The molecule has 0 unspecified atom stereocenters. The van der Waals surface area contributed by atoms with Gasteiger partial charge in [-0.15, -0.1) is 6.58 Å². The number of anilines is 1. The number of aryl methyl sites for hydroxylation is 1. The summed E-state index contributed by atoms with van der Waals surface area (Å²) in [5.41, 5.74) is 2.56. The first-order valence-corrected chi connectivity index (χ1v) is 9.21. The van der Waals surface area contributed by atoms with Gasteiger partial charge in [0.1, 0.15) is 0 Å². The summed E-state index contributed by atoms with van der Waals surface area (Å²) in [7, 11) is 0. The van der Waals surface area contributed by atoms with Crippen molar-refractivity contribution in [2.24, 2.45) is 0 Å². The molecule has 2 N–H and O–H groups in total. The summed E-state index contributed by atoms with van der Waals surface area (Å²) in [6, 6.07) is 8.72. The molecule has 25 heavy (non-hydrogen) atoms. The Hall–Kier alpha value is -2.30. The van der Waals surface area contributed by atoms with Gasteiger partial charge in [0.15, 0.2) is 0 Å². The number of nitrogens with zero attached hydrogens (tertiary/aromatic N) is 1. The Labute approximate surface area is 150 Å². The molecule has 1 fully saturated rings. The second kappa shape index (κ2) is 10.5. The number of benzene rings is 1. The Bertz CT molecular complexity index is 561. The summed E-state index contributed by atoms with van der Waals surface area (Å²) in [4.78, 5) is 25.4. The Balaban J connectivity index is 1.70. The van der Waals surface area contributed by atoms with E-state index < -0.39 is 11.8 Å². The zero-order chi connectivity index (χ0) is 17.9. The maximum atomic E-state index is 11.5. The van der Waals surface area contributed by atoms with Gasteiger partial charge in [0, 0.05) is 31.9 Å². The molecule has 136 valence electrons. The van der Waals surface area contributed by atoms with Crippen LogP contribution in [0.2, 0.25) is 0 Å². The van der Waals surface area contributed by atoms with E-state index in [1.165, 1.54) is 36.9 Å². The van der Waals surface area contributed by atoms with Crippen LogP contribution in [0.25, 0.3) is 0 Å². The van der Waals surface area contributed by atoms with E-state index in [0.717, 1.165) is 25.9 Å². The van der Waals surface area contributed by atoms with Gasteiger partial charge in [-0.1, -0.05) is 31.1 Å². The predicted octanol–water partition coefficient (Wildman–Crippen LogP) is 2.42. The van der Waals surface area contributed by atoms with E-state index in [0.29, 0.717) is 13.1 Å². The summed E-state index contributed by atoms with van der Waals surface area (Å²) in [6.07, 6.45) is 8.47. The summed E-state index contributed by atoms with van der Waals surface area (Å²) in [6.45, 7) is 6.59. The van der Waals surface area contributed by atoms with Crippen molar-refractivity contribution in [3.8, 4) is 0 Å². The highest BCUT2D eigenvalue weighted by Gasteiger charge is 2.11. The standard InChI is InChI=1S/C20H29N3O2/c1-2-13-21-19(24)20(25)22-14-7-8-17-9-11-18(12-10-17)23-15-5-3-4-6-16-23/h2,9-12H,1,3-8,13-16H2,(H,21,24)(H,22,25). The van der Waals surface area contributed by atoms with Crippen LogP contribution in [0.4, 0.5) is 5.69 Å². The minimum atomic E-state index is -0.610. The third-order valence-corrected chi connectivity index (χ3v) is 4.45. The van der Waals surface area contributed by atoms with E-state index in [2.05, 4.69) is 46.4 Å². The summed E-state index contributed by atoms with van der Waals surface area (Å²) >= 11 is 0. The fourth-order valence-electron chi connectivity index (χ4n) is 3.02. The summed E-state index contributed by atoms with van der Waals surface area (Å²) in [5.74, 6) is -1.19. The Morgan fingerprint density at radius 2 is 1.64 bits per heavy atom. The average molecular weight is 343 g/mol. The largest absolute Gasteiger partial charge is 0.372 e. The molecule has 1 saturated heterocycles. The van der Waals surface area contributed by atoms with Crippen LogP contribution in [0.15, 0.2) is 36.9 Å². The van der Waals surface area contributed by atoms with Crippen molar-refractivity contribution in [3.63, 3.8) is 0 Å². The molecule has 5 nitrogen and oxygen atoms in total. The lowest BCUT2D eigenvalue weighted by Gasteiger charge is -2.22. The SMILES string of the molecule is C=CCNC(=O)C(=O)NCCCc1ccc(N2CCCCCC2)cc1. The Morgan fingerprint density at radius 3 is 2.28 bits per heavy atom. The zero-order valence-corrected chi connectivity index (χ0v) is 14.9. The molecule has 0 spiro atoms. The van der Waals surface area contributed by atoms with Crippen molar-refractivity contribution < 1.29 is 9.59 Å². The van der Waals surface area contributed by atoms with E-state index in [1.54, 1.807) is 6.08 Å². The van der Waals surface area contributed by atoms with Gasteiger partial charge >= 0.3 is 11.8 Å². The van der Waals surface area contributed by atoms with Crippen LogP contribution in [0.1, 0.15) is 37.7 Å². The van der Waals surface area contributed by atoms with E-state index in [9.17, 15) is 9.59 Å². The number of amides is 2. The van der Waals surface area contributed by atoms with Crippen LogP contribution >= 0.6 is 0 Å². The molecule has 2 rings (SSSR count). The molecule has 0 radical (unpaired) electrons. The average Bonchev–Trinajstić information content (AvgIpc) is 2.93. The van der Waals surface area contributed by atoms with Crippen molar-refractivity contribution >= 4 is 17.5 Å². The van der Waals surface area contributed by atoms with Crippen LogP contribution in [-0.4, -0.2) is 38.0 Å². The molecule has 1 aliphatic heterocycles. The zero-order valence-electron chi connectivity index (χ0n) is 14.9. The first-order chi connectivity index (χ1) is 12.2. The van der Waals surface area contributed by atoms with Gasteiger partial charge in [0.25, 0.3) is 0 Å². The van der Waals surface area contributed by atoms with Gasteiger partial charge < -0.3 is 15.5 Å². The van der Waals surface area contributed by atoms with E-state index in [4.69, 9.17) is 0 Å². The molecule has 1 aliphatic rings. The Morgan fingerprint density at radius 1 is 1.00 bits per heavy atom. The van der Waals surface area contributed by atoms with Gasteiger partial charge in [-0.2, -0.15) is 0 Å². The summed E-state index contributed by atoms with van der Waals surface area (Å²) < 4.78 is 0. The van der Waals surface area contributed by atoms with Crippen LogP contribution in [0, 0.1) is 0 Å². The first kappa shape index (κ1) is 19.0. The minimum Gasteiger partial charge on any atom is -0.372 e. The second-order valence-corrected chi connectivity index (χ2v) is 6.43. The highest BCUT2D eigenvalue weighted by Crippen LogP contribution is 2.20. The lowest BCUT2D eigenvalue weighted by atomic mass is 10.1. The van der Waals surface area contributed by atoms with Crippen molar-refractivity contribution in [3.05, 3.63) is 42.5 Å². The highest BCUT2D eigenvalue weighted by molar-refractivity contribution is 6.35. The molecular formula is C20H29N3O2. The van der Waals surface area contributed by atoms with Crippen LogP contribution < -0.4 is 15.5 Å². The van der Waals surface area contributed by atoms with E-state index in [1.807, 2.05) is 0 Å². The number of carbonyl (C=O) groups excluding carboxylic acids is 2. The van der Waals surface area contributed by atoms with Crippen molar-refractivity contribution in [1.29, 1.82) is 0 Å². The molecule has 0 aromatic heterocycles. The van der Waals surface area contributed by atoms with Crippen LogP contribution in [0.3, 0.4) is 0 Å². The predicted molar refractivity (Wildman–Crippen MR) is 102 cm³/mol. The Kier molecular flexibility index (Phi) is 8.02. The van der Waals surface area contributed by atoms with Gasteiger partial charge in [0.2, 0.25) is 0 Å². The molecule has 5 heteroatoms. The summed E-state index contributed by atoms with van der Waals surface area (Å²) in [5, 5.41) is 5.10. The smallest absolute Gasteiger partial charge is 0.309 e. The van der Waals surface area contributed by atoms with E-state index in [-0.39, 0.29) is 0 Å². The molecule has 0 bridgehead atoms. The van der Waals surface area contributed by atoms with Gasteiger partial charge in [0.05, 0.1) is 0 Å². The monoisotopic (exact) mass is 343 g/mol. The number of hydrogen-bond acceptors (Lipinski definition) is 3. The molecule has 0 aliphatic carbocycles. The molecule has 0 atom stereocenters. The van der Waals surface area contributed by atoms with Gasteiger partial charge in [-0.05, 0) is 43.4 Å². The van der Waals surface area contributed by atoms with Crippen molar-refractivity contribution in [1.82, 2.24) is 10.6 Å². The second-order valence-electron chi connectivity index (χ2n) is 6.43. The van der Waals surface area contributed by atoms with E-state index >= 15 is 0 Å². The molecule has 1 aromatic carbocycles. The van der Waals surface area contributed by atoms with Crippen molar-refractivity contribution in [2.45, 2.75) is 38.5 Å². The lowest BCUT2D eigenvalue weighted by molar-refractivity contribution is -0.139. The number of hydrogen-bond donors (Lipinski definition) is 2.